The van der Waals surface area contributed by atoms with E-state index in [-0.39, 0.29) is 34.8 Å². The maximum Gasteiger partial charge on any atom is 0.243 e. The lowest BCUT2D eigenvalue weighted by Crippen LogP contribution is -2.43. The lowest BCUT2D eigenvalue weighted by molar-refractivity contribution is -0.123. The molecule has 0 bridgehead atoms. The summed E-state index contributed by atoms with van der Waals surface area (Å²) in [6, 6.07) is 11.8. The third-order valence-corrected chi connectivity index (χ3v) is 7.61. The number of sulfonamides is 1. The molecule has 2 aromatic rings. The number of carbonyl (C=O) groups is 1. The van der Waals surface area contributed by atoms with Crippen molar-refractivity contribution < 1.29 is 22.7 Å². The summed E-state index contributed by atoms with van der Waals surface area (Å²) in [6.07, 6.45) is 0.911. The molecular weight excluding hydrogens is 440 g/mol. The SMILES string of the molecule is CCOc1ccc(S(=O)(=O)N2CCC(C(=O)N(C)c3cccc(OC)c3)CC2)cc1Cl. The Balaban J connectivity index is 1.66. The summed E-state index contributed by atoms with van der Waals surface area (Å²) in [5.74, 6) is 0.848. The molecule has 168 valence electrons. The Morgan fingerprint density at radius 2 is 1.90 bits per heavy atom. The van der Waals surface area contributed by atoms with Crippen molar-refractivity contribution in [2.24, 2.45) is 5.92 Å². The standard InChI is InChI=1S/C22H27ClN2O5S/c1-4-30-21-9-8-19(15-20(21)23)31(27,28)25-12-10-16(11-13-25)22(26)24(2)17-6-5-7-18(14-17)29-3/h5-9,14-16H,4,10-13H2,1-3H3. The lowest BCUT2D eigenvalue weighted by Gasteiger charge is -2.32. The predicted octanol–water partition coefficient (Wildman–Crippen LogP) is 3.81. The van der Waals surface area contributed by atoms with E-state index in [9.17, 15) is 13.2 Å². The zero-order valence-electron chi connectivity index (χ0n) is 17.9. The number of hydrogen-bond acceptors (Lipinski definition) is 5. The quantitative estimate of drug-likeness (QED) is 0.620. The molecule has 1 aliphatic rings. The molecule has 2 aromatic carbocycles. The molecule has 0 unspecified atom stereocenters. The van der Waals surface area contributed by atoms with Crippen LogP contribution in [0.25, 0.3) is 0 Å². The summed E-state index contributed by atoms with van der Waals surface area (Å²) in [5.41, 5.74) is 0.739. The highest BCUT2D eigenvalue weighted by Gasteiger charge is 2.33. The van der Waals surface area contributed by atoms with Crippen molar-refractivity contribution in [3.05, 3.63) is 47.5 Å². The molecule has 9 heteroatoms. The van der Waals surface area contributed by atoms with E-state index in [1.54, 1.807) is 31.2 Å². The normalized spacial score (nSPS) is 15.5. The zero-order chi connectivity index (χ0) is 22.6. The average molecular weight is 467 g/mol. The first kappa shape index (κ1) is 23.4. The summed E-state index contributed by atoms with van der Waals surface area (Å²) < 4.78 is 38.1. The molecule has 1 amide bonds. The van der Waals surface area contributed by atoms with E-state index in [0.717, 1.165) is 5.69 Å². The Labute approximate surface area is 188 Å². The molecule has 7 nitrogen and oxygen atoms in total. The number of methoxy groups -OCH3 is 1. The van der Waals surface area contributed by atoms with Crippen LogP contribution in [0.3, 0.4) is 0 Å². The van der Waals surface area contributed by atoms with Crippen LogP contribution >= 0.6 is 11.6 Å². The third-order valence-electron chi connectivity index (χ3n) is 5.42. The van der Waals surface area contributed by atoms with Gasteiger partial charge in [-0.05, 0) is 50.1 Å². The van der Waals surface area contributed by atoms with Gasteiger partial charge in [-0.2, -0.15) is 4.31 Å². The van der Waals surface area contributed by atoms with Crippen LogP contribution in [0.4, 0.5) is 5.69 Å². The first-order chi connectivity index (χ1) is 14.8. The summed E-state index contributed by atoms with van der Waals surface area (Å²) in [5, 5.41) is 0.257. The highest BCUT2D eigenvalue weighted by Crippen LogP contribution is 2.31. The molecule has 1 fully saturated rings. The highest BCUT2D eigenvalue weighted by atomic mass is 35.5. The van der Waals surface area contributed by atoms with Crippen LogP contribution < -0.4 is 14.4 Å². The fourth-order valence-corrected chi connectivity index (χ4v) is 5.42. The molecule has 1 aliphatic heterocycles. The van der Waals surface area contributed by atoms with Gasteiger partial charge in [-0.3, -0.25) is 4.79 Å². The van der Waals surface area contributed by atoms with E-state index in [2.05, 4.69) is 0 Å². The Bertz CT molecular complexity index is 1040. The topological polar surface area (TPSA) is 76.2 Å². The minimum Gasteiger partial charge on any atom is -0.497 e. The minimum absolute atomic E-state index is 0.0330. The molecule has 31 heavy (non-hydrogen) atoms. The molecule has 0 aromatic heterocycles. The van der Waals surface area contributed by atoms with E-state index < -0.39 is 10.0 Å². The van der Waals surface area contributed by atoms with Gasteiger partial charge in [0.15, 0.2) is 0 Å². The van der Waals surface area contributed by atoms with Gasteiger partial charge in [0.2, 0.25) is 15.9 Å². The Kier molecular flexibility index (Phi) is 7.46. The van der Waals surface area contributed by atoms with Crippen LogP contribution in [-0.2, 0) is 14.8 Å². The molecule has 0 aliphatic carbocycles. The van der Waals surface area contributed by atoms with E-state index in [4.69, 9.17) is 21.1 Å². The van der Waals surface area contributed by atoms with Crippen LogP contribution in [0.5, 0.6) is 11.5 Å². The van der Waals surface area contributed by atoms with Gasteiger partial charge < -0.3 is 14.4 Å². The number of piperidine rings is 1. The first-order valence-corrected chi connectivity index (χ1v) is 11.9. The summed E-state index contributed by atoms with van der Waals surface area (Å²) in [6.45, 7) is 2.82. The predicted molar refractivity (Wildman–Crippen MR) is 121 cm³/mol. The van der Waals surface area contributed by atoms with Gasteiger partial charge in [0.05, 0.1) is 23.6 Å². The van der Waals surface area contributed by atoms with Crippen molar-refractivity contribution in [1.29, 1.82) is 0 Å². The Morgan fingerprint density at radius 3 is 2.52 bits per heavy atom. The van der Waals surface area contributed by atoms with Gasteiger partial charge in [-0.15, -0.1) is 0 Å². The average Bonchev–Trinajstić information content (AvgIpc) is 2.79. The van der Waals surface area contributed by atoms with Crippen LogP contribution in [0.15, 0.2) is 47.4 Å². The minimum atomic E-state index is -3.69. The number of ether oxygens (including phenoxy) is 2. The molecule has 0 radical (unpaired) electrons. The second-order valence-electron chi connectivity index (χ2n) is 7.30. The third kappa shape index (κ3) is 5.14. The van der Waals surface area contributed by atoms with Crippen molar-refractivity contribution in [2.45, 2.75) is 24.7 Å². The van der Waals surface area contributed by atoms with Crippen LogP contribution in [0, 0.1) is 5.92 Å². The van der Waals surface area contributed by atoms with E-state index in [0.29, 0.717) is 30.9 Å². The fourth-order valence-electron chi connectivity index (χ4n) is 3.63. The summed E-state index contributed by atoms with van der Waals surface area (Å²) >= 11 is 6.17. The largest absolute Gasteiger partial charge is 0.497 e. The van der Waals surface area contributed by atoms with Crippen molar-refractivity contribution in [1.82, 2.24) is 4.31 Å². The van der Waals surface area contributed by atoms with Crippen molar-refractivity contribution in [3.63, 3.8) is 0 Å². The number of anilines is 1. The second-order valence-corrected chi connectivity index (χ2v) is 9.65. The molecule has 0 atom stereocenters. The fraction of sp³-hybridized carbons (Fsp3) is 0.409. The second kappa shape index (κ2) is 9.89. The molecule has 1 saturated heterocycles. The molecule has 3 rings (SSSR count). The maximum atomic E-state index is 13.0. The van der Waals surface area contributed by atoms with Crippen LogP contribution in [-0.4, -0.2) is 52.5 Å². The number of nitrogens with zero attached hydrogens (tertiary/aromatic N) is 2. The van der Waals surface area contributed by atoms with Crippen LogP contribution in [0.1, 0.15) is 19.8 Å². The summed E-state index contributed by atoms with van der Waals surface area (Å²) in [4.78, 5) is 14.7. The maximum absolute atomic E-state index is 13.0. The number of halogens is 1. The summed E-state index contributed by atoms with van der Waals surface area (Å²) in [7, 11) is -0.393. The van der Waals surface area contributed by atoms with Gasteiger partial charge in [-0.25, -0.2) is 8.42 Å². The number of benzene rings is 2. The van der Waals surface area contributed by atoms with Crippen LogP contribution in [0.2, 0.25) is 5.02 Å². The van der Waals surface area contributed by atoms with Crippen molar-refractivity contribution in [3.8, 4) is 11.5 Å². The van der Waals surface area contributed by atoms with Crippen molar-refractivity contribution >= 4 is 33.2 Å². The molecule has 0 saturated carbocycles. The molecule has 0 spiro atoms. The number of hydrogen-bond donors (Lipinski definition) is 0. The van der Waals surface area contributed by atoms with Gasteiger partial charge >= 0.3 is 0 Å². The Hall–Kier alpha value is -2.29. The number of rotatable bonds is 7. The monoisotopic (exact) mass is 466 g/mol. The van der Waals surface area contributed by atoms with Gasteiger partial charge in [0, 0.05) is 37.8 Å². The Morgan fingerprint density at radius 1 is 1.19 bits per heavy atom. The van der Waals surface area contributed by atoms with Gasteiger partial charge in [0.1, 0.15) is 11.5 Å². The molecule has 0 N–H and O–H groups in total. The van der Waals surface area contributed by atoms with Gasteiger partial charge in [-0.1, -0.05) is 17.7 Å². The van der Waals surface area contributed by atoms with E-state index in [1.165, 1.54) is 16.4 Å². The van der Waals surface area contributed by atoms with E-state index >= 15 is 0 Å². The zero-order valence-corrected chi connectivity index (χ0v) is 19.4. The van der Waals surface area contributed by atoms with Crippen molar-refractivity contribution in [2.75, 3.05) is 38.8 Å². The first-order valence-electron chi connectivity index (χ1n) is 10.1. The number of carbonyl (C=O) groups excluding carboxylic acids is 1. The smallest absolute Gasteiger partial charge is 0.243 e. The van der Waals surface area contributed by atoms with E-state index in [1.807, 2.05) is 25.1 Å². The molecule has 1 heterocycles. The molecular formula is C22H27ClN2O5S. The lowest BCUT2D eigenvalue weighted by atomic mass is 9.96. The number of amides is 1. The van der Waals surface area contributed by atoms with Gasteiger partial charge in [0.25, 0.3) is 0 Å². The highest BCUT2D eigenvalue weighted by molar-refractivity contribution is 7.89.